The summed E-state index contributed by atoms with van der Waals surface area (Å²) in [5.74, 6) is 0.695. The zero-order valence-electron chi connectivity index (χ0n) is 20.8. The molecule has 1 saturated carbocycles. The number of nitrogens with zero attached hydrogens (tertiary/aromatic N) is 1. The van der Waals surface area contributed by atoms with Gasteiger partial charge in [0.05, 0.1) is 24.2 Å². The first-order valence-corrected chi connectivity index (χ1v) is 13.3. The lowest BCUT2D eigenvalue weighted by atomic mass is 10.0. The van der Waals surface area contributed by atoms with Crippen molar-refractivity contribution < 1.29 is 27.8 Å². The van der Waals surface area contributed by atoms with Crippen LogP contribution in [0, 0.1) is 5.92 Å². The Morgan fingerprint density at radius 2 is 1.83 bits per heavy atom. The van der Waals surface area contributed by atoms with Crippen LogP contribution in [-0.2, 0) is 21.2 Å². The van der Waals surface area contributed by atoms with Crippen LogP contribution in [0.3, 0.4) is 0 Å². The molecule has 0 radical (unpaired) electrons. The summed E-state index contributed by atoms with van der Waals surface area (Å²) in [7, 11) is -2.42. The second-order valence-corrected chi connectivity index (χ2v) is 11.9. The lowest BCUT2D eigenvalue weighted by Crippen LogP contribution is -2.51. The Labute approximate surface area is 208 Å². The van der Waals surface area contributed by atoms with E-state index < -0.39 is 33.9 Å². The van der Waals surface area contributed by atoms with Gasteiger partial charge in [-0.1, -0.05) is 36.4 Å². The van der Waals surface area contributed by atoms with Gasteiger partial charge in [0, 0.05) is 19.2 Å². The second kappa shape index (κ2) is 11.4. The molecule has 192 valence electrons. The molecule has 0 unspecified atom stereocenters. The number of methoxy groups -OCH3 is 1. The predicted molar refractivity (Wildman–Crippen MR) is 134 cm³/mol. The Hall–Kier alpha value is -2.62. The fraction of sp³-hybridized carbons (Fsp3) is 0.500. The zero-order chi connectivity index (χ0) is 25.6. The van der Waals surface area contributed by atoms with Crippen LogP contribution < -0.4 is 10.1 Å². The van der Waals surface area contributed by atoms with Crippen molar-refractivity contribution >= 4 is 16.1 Å². The van der Waals surface area contributed by atoms with Gasteiger partial charge >= 0.3 is 6.09 Å². The molecule has 9 heteroatoms. The van der Waals surface area contributed by atoms with Crippen molar-refractivity contribution in [2.75, 3.05) is 20.2 Å². The highest BCUT2D eigenvalue weighted by molar-refractivity contribution is 7.89. The molecule has 0 aliphatic heterocycles. The SMILES string of the molecule is COc1cccc(S(=O)(=O)N(CC2CC2)C[C@@H](O)[C@H](Cc2ccccc2)NC(=O)OC(C)(C)C)c1. The summed E-state index contributed by atoms with van der Waals surface area (Å²) in [6.07, 6.45) is 0.384. The summed E-state index contributed by atoms with van der Waals surface area (Å²) >= 11 is 0. The molecule has 3 rings (SSSR count). The monoisotopic (exact) mass is 504 g/mol. The number of carbonyl (C=O) groups is 1. The molecular formula is C26H36N2O6S. The number of aliphatic hydroxyl groups excluding tert-OH is 1. The maximum Gasteiger partial charge on any atom is 0.407 e. The summed E-state index contributed by atoms with van der Waals surface area (Å²) in [5.41, 5.74) is 0.192. The highest BCUT2D eigenvalue weighted by Gasteiger charge is 2.35. The van der Waals surface area contributed by atoms with Gasteiger partial charge in [0.15, 0.2) is 0 Å². The Balaban J connectivity index is 1.84. The molecule has 1 fully saturated rings. The molecule has 0 bridgehead atoms. The summed E-state index contributed by atoms with van der Waals surface area (Å²) < 4.78 is 39.0. The van der Waals surface area contributed by atoms with Gasteiger partial charge in [-0.05, 0) is 63.6 Å². The van der Waals surface area contributed by atoms with Gasteiger partial charge in [-0.3, -0.25) is 0 Å². The number of hydrogen-bond donors (Lipinski definition) is 2. The second-order valence-electron chi connectivity index (χ2n) is 9.95. The van der Waals surface area contributed by atoms with Crippen LogP contribution in [0.2, 0.25) is 0 Å². The number of aliphatic hydroxyl groups is 1. The zero-order valence-corrected chi connectivity index (χ0v) is 21.6. The van der Waals surface area contributed by atoms with E-state index in [-0.39, 0.29) is 17.4 Å². The van der Waals surface area contributed by atoms with Crippen molar-refractivity contribution in [3.63, 3.8) is 0 Å². The van der Waals surface area contributed by atoms with Crippen LogP contribution in [0.1, 0.15) is 39.2 Å². The maximum absolute atomic E-state index is 13.5. The van der Waals surface area contributed by atoms with Crippen molar-refractivity contribution in [3.8, 4) is 5.75 Å². The van der Waals surface area contributed by atoms with Crippen molar-refractivity contribution in [2.24, 2.45) is 5.92 Å². The number of nitrogens with one attached hydrogen (secondary N) is 1. The van der Waals surface area contributed by atoms with Crippen LogP contribution in [0.25, 0.3) is 0 Å². The molecular weight excluding hydrogens is 468 g/mol. The number of sulfonamides is 1. The Morgan fingerprint density at radius 1 is 1.14 bits per heavy atom. The van der Waals surface area contributed by atoms with E-state index in [0.29, 0.717) is 18.7 Å². The molecule has 2 N–H and O–H groups in total. The number of rotatable bonds is 11. The first-order chi connectivity index (χ1) is 16.5. The van der Waals surface area contributed by atoms with Gasteiger partial charge in [0.1, 0.15) is 11.4 Å². The number of carbonyl (C=O) groups excluding carboxylic acids is 1. The minimum absolute atomic E-state index is 0.101. The smallest absolute Gasteiger partial charge is 0.407 e. The quantitative estimate of drug-likeness (QED) is 0.485. The van der Waals surface area contributed by atoms with Crippen LogP contribution in [0.4, 0.5) is 4.79 Å². The topological polar surface area (TPSA) is 105 Å². The van der Waals surface area contributed by atoms with Crippen molar-refractivity contribution in [1.29, 1.82) is 0 Å². The van der Waals surface area contributed by atoms with E-state index in [9.17, 15) is 18.3 Å². The molecule has 0 heterocycles. The lowest BCUT2D eigenvalue weighted by Gasteiger charge is -2.30. The molecule has 35 heavy (non-hydrogen) atoms. The van der Waals surface area contributed by atoms with Crippen molar-refractivity contribution in [3.05, 3.63) is 60.2 Å². The van der Waals surface area contributed by atoms with Crippen molar-refractivity contribution in [1.82, 2.24) is 9.62 Å². The van der Waals surface area contributed by atoms with E-state index >= 15 is 0 Å². The third-order valence-corrected chi connectivity index (χ3v) is 7.52. The molecule has 1 amide bonds. The van der Waals surface area contributed by atoms with Crippen molar-refractivity contribution in [2.45, 2.75) is 62.7 Å². The lowest BCUT2D eigenvalue weighted by molar-refractivity contribution is 0.0401. The number of ether oxygens (including phenoxy) is 2. The minimum Gasteiger partial charge on any atom is -0.497 e. The van der Waals surface area contributed by atoms with Gasteiger partial charge in [0.2, 0.25) is 10.0 Å². The molecule has 1 aliphatic rings. The molecule has 2 aromatic carbocycles. The van der Waals surface area contributed by atoms with Gasteiger partial charge in [-0.2, -0.15) is 4.31 Å². The van der Waals surface area contributed by atoms with E-state index in [1.807, 2.05) is 30.3 Å². The fourth-order valence-electron chi connectivity index (χ4n) is 3.72. The maximum atomic E-state index is 13.5. The molecule has 1 aliphatic carbocycles. The predicted octanol–water partition coefficient (Wildman–Crippen LogP) is 3.59. The van der Waals surface area contributed by atoms with E-state index in [2.05, 4.69) is 5.32 Å². The van der Waals surface area contributed by atoms with E-state index in [4.69, 9.17) is 9.47 Å². The van der Waals surface area contributed by atoms with Gasteiger partial charge in [-0.15, -0.1) is 0 Å². The normalized spacial score (nSPS) is 15.9. The number of benzene rings is 2. The number of hydrogen-bond acceptors (Lipinski definition) is 6. The molecule has 8 nitrogen and oxygen atoms in total. The molecule has 0 saturated heterocycles. The average molecular weight is 505 g/mol. The van der Waals surface area contributed by atoms with Crippen LogP contribution >= 0.6 is 0 Å². The Bertz CT molecular complexity index is 1080. The van der Waals surface area contributed by atoms with Gasteiger partial charge in [-0.25, -0.2) is 13.2 Å². The summed E-state index contributed by atoms with van der Waals surface area (Å²) in [5, 5.41) is 14.0. The first kappa shape index (κ1) is 27.0. The summed E-state index contributed by atoms with van der Waals surface area (Å²) in [6, 6.07) is 15.0. The third kappa shape index (κ3) is 8.23. The van der Waals surface area contributed by atoms with Crippen LogP contribution in [0.5, 0.6) is 5.75 Å². The fourth-order valence-corrected chi connectivity index (χ4v) is 5.29. The standard InChI is InChI=1S/C26H36N2O6S/c1-26(2,3)34-25(30)27-23(15-19-9-6-5-7-10-19)24(29)18-28(17-20-13-14-20)35(31,32)22-12-8-11-21(16-22)33-4/h5-12,16,20,23-24,29H,13-15,17-18H2,1-4H3,(H,27,30)/t23-,24+/m0/s1. The minimum atomic E-state index is -3.90. The molecule has 0 spiro atoms. The van der Waals surface area contributed by atoms with E-state index in [1.165, 1.54) is 23.5 Å². The summed E-state index contributed by atoms with van der Waals surface area (Å²) in [6.45, 7) is 5.41. The molecule has 2 atom stereocenters. The van der Waals surface area contributed by atoms with Gasteiger partial charge in [0.25, 0.3) is 0 Å². The van der Waals surface area contributed by atoms with Crippen LogP contribution in [0.15, 0.2) is 59.5 Å². The number of alkyl carbamates (subject to hydrolysis) is 1. The number of amides is 1. The highest BCUT2D eigenvalue weighted by atomic mass is 32.2. The Kier molecular flexibility index (Phi) is 8.79. The average Bonchev–Trinajstić information content (AvgIpc) is 3.62. The summed E-state index contributed by atoms with van der Waals surface area (Å²) in [4.78, 5) is 12.6. The largest absolute Gasteiger partial charge is 0.497 e. The molecule has 2 aromatic rings. The van der Waals surface area contributed by atoms with E-state index in [0.717, 1.165) is 18.4 Å². The third-order valence-electron chi connectivity index (χ3n) is 5.69. The van der Waals surface area contributed by atoms with Crippen LogP contribution in [-0.4, -0.2) is 61.9 Å². The first-order valence-electron chi connectivity index (χ1n) is 11.8. The van der Waals surface area contributed by atoms with Gasteiger partial charge < -0.3 is 19.9 Å². The Morgan fingerprint density at radius 3 is 2.43 bits per heavy atom. The highest BCUT2D eigenvalue weighted by Crippen LogP contribution is 2.32. The molecule has 0 aromatic heterocycles. The van der Waals surface area contributed by atoms with E-state index in [1.54, 1.807) is 32.9 Å².